The number of aliphatic hydroxyl groups excluding tert-OH is 15. The molecule has 23 atom stereocenters. The molecule has 0 spiro atoms. The van der Waals surface area contributed by atoms with Gasteiger partial charge >= 0.3 is 0 Å². The molecule has 5 fully saturated rings. The highest BCUT2D eigenvalue weighted by atomic mass is 16.8. The lowest BCUT2D eigenvalue weighted by atomic mass is 9.95. The fourth-order valence-electron chi connectivity index (χ4n) is 6.47. The van der Waals surface area contributed by atoms with Gasteiger partial charge in [0.15, 0.2) is 31.5 Å². The van der Waals surface area contributed by atoms with Crippen LogP contribution in [0.25, 0.3) is 0 Å². The molecule has 24 nitrogen and oxygen atoms in total. The second-order valence-corrected chi connectivity index (χ2v) is 13.1. The Bertz CT molecular complexity index is 1110. The maximum Gasteiger partial charge on any atom is 0.187 e. The first-order chi connectivity index (χ1) is 24.6. The molecule has 0 saturated carbocycles. The van der Waals surface area contributed by atoms with Gasteiger partial charge in [0.1, 0.15) is 110 Å². The second kappa shape index (κ2) is 17.9. The Morgan fingerprint density at radius 1 is 0.365 bits per heavy atom. The van der Waals surface area contributed by atoms with Crippen molar-refractivity contribution in [1.29, 1.82) is 0 Å². The van der Waals surface area contributed by atoms with Gasteiger partial charge in [-0.3, -0.25) is 0 Å². The predicted octanol–water partition coefficient (Wildman–Crippen LogP) is -10.6. The molecular formula is C28H48O24. The summed E-state index contributed by atoms with van der Waals surface area (Å²) in [6.07, 6.45) is -41.4. The normalized spacial score (nSPS) is 53.5. The van der Waals surface area contributed by atoms with Gasteiger partial charge < -0.3 is 119 Å². The van der Waals surface area contributed by atoms with Crippen molar-refractivity contribution in [3.8, 4) is 0 Å². The lowest BCUT2D eigenvalue weighted by molar-refractivity contribution is -0.398. The number of ether oxygens (including phenoxy) is 9. The molecule has 5 saturated heterocycles. The molecule has 0 aromatic heterocycles. The Hall–Kier alpha value is -0.960. The number of hydrogen-bond acceptors (Lipinski definition) is 24. The van der Waals surface area contributed by atoms with Crippen LogP contribution < -0.4 is 0 Å². The lowest BCUT2D eigenvalue weighted by Crippen LogP contribution is -2.68. The van der Waals surface area contributed by atoms with Gasteiger partial charge in [0, 0.05) is 0 Å². The molecule has 5 aliphatic rings. The van der Waals surface area contributed by atoms with E-state index in [9.17, 15) is 76.6 Å². The van der Waals surface area contributed by atoms with Crippen molar-refractivity contribution in [2.45, 2.75) is 141 Å². The van der Waals surface area contributed by atoms with Crippen molar-refractivity contribution >= 4 is 0 Å². The van der Waals surface area contributed by atoms with E-state index in [1.807, 2.05) is 0 Å². The largest absolute Gasteiger partial charge is 0.394 e. The van der Waals surface area contributed by atoms with E-state index in [2.05, 4.69) is 0 Å². The number of aliphatic hydroxyl groups is 15. The molecule has 0 bridgehead atoms. The molecule has 0 aliphatic carbocycles. The molecule has 304 valence electrons. The highest BCUT2D eigenvalue weighted by molar-refractivity contribution is 4.98. The quantitative estimate of drug-likeness (QED) is 0.0927. The summed E-state index contributed by atoms with van der Waals surface area (Å²) < 4.78 is 49.7. The van der Waals surface area contributed by atoms with Gasteiger partial charge in [-0.2, -0.15) is 0 Å². The van der Waals surface area contributed by atoms with Gasteiger partial charge in [-0.1, -0.05) is 0 Å². The Morgan fingerprint density at radius 2 is 0.827 bits per heavy atom. The van der Waals surface area contributed by atoms with Crippen LogP contribution in [0.2, 0.25) is 0 Å². The van der Waals surface area contributed by atoms with Crippen LogP contribution in [-0.2, 0) is 42.6 Å². The van der Waals surface area contributed by atoms with Gasteiger partial charge in [0.05, 0.1) is 33.0 Å². The van der Waals surface area contributed by atoms with E-state index in [1.165, 1.54) is 0 Å². The summed E-state index contributed by atoms with van der Waals surface area (Å²) in [4.78, 5) is 0. The first-order valence-corrected chi connectivity index (χ1v) is 16.4. The van der Waals surface area contributed by atoms with Crippen LogP contribution in [0, 0.1) is 0 Å². The minimum absolute atomic E-state index is 0.485. The van der Waals surface area contributed by atoms with Crippen LogP contribution in [0.15, 0.2) is 0 Å². The molecule has 0 radical (unpaired) electrons. The summed E-state index contributed by atoms with van der Waals surface area (Å²) >= 11 is 0. The average molecular weight is 769 g/mol. The summed E-state index contributed by atoms with van der Waals surface area (Å²) in [5, 5.41) is 155. The van der Waals surface area contributed by atoms with E-state index in [1.54, 1.807) is 0 Å². The zero-order valence-corrected chi connectivity index (χ0v) is 27.2. The molecule has 5 aliphatic heterocycles. The Kier molecular flexibility index (Phi) is 14.5. The van der Waals surface area contributed by atoms with E-state index < -0.39 is 174 Å². The lowest BCUT2D eigenvalue weighted by Gasteiger charge is -2.50. The molecule has 24 heteroatoms. The van der Waals surface area contributed by atoms with Gasteiger partial charge in [-0.05, 0) is 0 Å². The van der Waals surface area contributed by atoms with Crippen molar-refractivity contribution in [1.82, 2.24) is 0 Å². The van der Waals surface area contributed by atoms with Crippen LogP contribution in [-0.4, -0.2) is 251 Å². The van der Waals surface area contributed by atoms with Crippen LogP contribution in [0.5, 0.6) is 0 Å². The Labute approximate surface area is 293 Å². The second-order valence-electron chi connectivity index (χ2n) is 13.1. The number of hydrogen-bond donors (Lipinski definition) is 15. The maximum absolute atomic E-state index is 11.6. The van der Waals surface area contributed by atoms with Crippen LogP contribution in [0.3, 0.4) is 0 Å². The van der Waals surface area contributed by atoms with Gasteiger partial charge in [-0.15, -0.1) is 0 Å². The molecule has 52 heavy (non-hydrogen) atoms. The Morgan fingerprint density at radius 3 is 1.46 bits per heavy atom. The molecular weight excluding hydrogens is 720 g/mol. The van der Waals surface area contributed by atoms with Crippen LogP contribution >= 0.6 is 0 Å². The zero-order valence-electron chi connectivity index (χ0n) is 27.2. The summed E-state index contributed by atoms with van der Waals surface area (Å²) in [5.74, 6) is 0. The van der Waals surface area contributed by atoms with Crippen molar-refractivity contribution in [3.05, 3.63) is 0 Å². The summed E-state index contributed by atoms with van der Waals surface area (Å²) in [6, 6.07) is 0. The fourth-order valence-corrected chi connectivity index (χ4v) is 6.47. The van der Waals surface area contributed by atoms with Gasteiger partial charge in [0.25, 0.3) is 0 Å². The molecule has 0 amide bonds. The minimum atomic E-state index is -2.12. The monoisotopic (exact) mass is 768 g/mol. The minimum Gasteiger partial charge on any atom is -0.394 e. The SMILES string of the molecule is OC[C@H]1O[C@@H](O[C@@H]2[C@H](O[C@@H]3OC[C@H](O)[C@H](O[C@@H]4OC[C@H](O)[C@H](O)[C@H]4O)[C@H]3O)[C@@H](O)[C@H](O[C@@H]3[C@H](O)[C@@H](O)[C@H](O)O[C@@H]3CO)O[C@@H]2CO)[C@H](O)[C@@H](O)[C@H]1O. The molecule has 5 heterocycles. The topological polar surface area (TPSA) is 387 Å². The van der Waals surface area contributed by atoms with E-state index in [4.69, 9.17) is 42.6 Å². The highest BCUT2D eigenvalue weighted by Gasteiger charge is 2.56. The van der Waals surface area contributed by atoms with Crippen LogP contribution in [0.4, 0.5) is 0 Å². The van der Waals surface area contributed by atoms with Crippen molar-refractivity contribution in [2.75, 3.05) is 33.0 Å². The molecule has 0 aromatic rings. The average Bonchev–Trinajstić information content (AvgIpc) is 3.13. The van der Waals surface area contributed by atoms with E-state index in [-0.39, 0.29) is 0 Å². The summed E-state index contributed by atoms with van der Waals surface area (Å²) in [5.41, 5.74) is 0. The summed E-state index contributed by atoms with van der Waals surface area (Å²) in [7, 11) is 0. The first-order valence-electron chi connectivity index (χ1n) is 16.4. The number of rotatable bonds is 11. The standard InChI is InChI=1S/C28H48O24/c29-1-8-12(35)13(36)17(40)27(47-8)51-22-10(3-31)48-28(50-21-9(2-30)46-24(43)15(38)14(21)37)19(42)23(22)52-26-18(41)20(7(33)5-45-26)49-25-16(39)11(34)6(32)4-44-25/h6-43H,1-5H2/t6-,7-,8+,9+,10+,11-,12-,13-,14+,15+,16+,17+,18+,19+,20-,21-,22-,23+,24+,25-,26-,27-,28-/m0/s1. The van der Waals surface area contributed by atoms with E-state index in [0.29, 0.717) is 0 Å². The fraction of sp³-hybridized carbons (Fsp3) is 1.00. The van der Waals surface area contributed by atoms with Crippen LogP contribution in [0.1, 0.15) is 0 Å². The summed E-state index contributed by atoms with van der Waals surface area (Å²) in [6.45, 7) is -3.81. The van der Waals surface area contributed by atoms with E-state index in [0.717, 1.165) is 0 Å². The highest BCUT2D eigenvalue weighted by Crippen LogP contribution is 2.35. The molecule has 0 aromatic carbocycles. The third-order valence-corrected chi connectivity index (χ3v) is 9.53. The van der Waals surface area contributed by atoms with Gasteiger partial charge in [-0.25, -0.2) is 0 Å². The first kappa shape index (κ1) is 42.2. The zero-order chi connectivity index (χ0) is 38.2. The van der Waals surface area contributed by atoms with Crippen molar-refractivity contribution in [3.63, 3.8) is 0 Å². The third-order valence-electron chi connectivity index (χ3n) is 9.53. The third kappa shape index (κ3) is 8.55. The predicted molar refractivity (Wildman–Crippen MR) is 155 cm³/mol. The van der Waals surface area contributed by atoms with E-state index >= 15 is 0 Å². The molecule has 5 rings (SSSR count). The smallest absolute Gasteiger partial charge is 0.187 e. The Balaban J connectivity index is 1.41. The molecule has 15 N–H and O–H groups in total. The van der Waals surface area contributed by atoms with Crippen molar-refractivity contribution in [2.24, 2.45) is 0 Å². The maximum atomic E-state index is 11.6. The van der Waals surface area contributed by atoms with Crippen molar-refractivity contribution < 1.29 is 119 Å². The molecule has 0 unspecified atom stereocenters. The van der Waals surface area contributed by atoms with Gasteiger partial charge in [0.2, 0.25) is 0 Å².